The van der Waals surface area contributed by atoms with E-state index in [9.17, 15) is 19.2 Å². The van der Waals surface area contributed by atoms with Crippen LogP contribution in [-0.4, -0.2) is 59.9 Å². The van der Waals surface area contributed by atoms with Gasteiger partial charge in [0.15, 0.2) is 0 Å². The molecule has 0 aliphatic carbocycles. The Balaban J connectivity index is 1.27. The van der Waals surface area contributed by atoms with Crippen molar-refractivity contribution in [1.82, 2.24) is 10.0 Å². The predicted molar refractivity (Wildman–Crippen MR) is 163 cm³/mol. The molecule has 222 valence electrons. The van der Waals surface area contributed by atoms with Gasteiger partial charge in [-0.1, -0.05) is 12.1 Å². The predicted octanol–water partition coefficient (Wildman–Crippen LogP) is 4.27. The molecular weight excluding hydrogens is 601 g/mol. The fourth-order valence-corrected chi connectivity index (χ4v) is 9.01. The molecule has 4 fully saturated rings. The lowest BCUT2D eigenvalue weighted by molar-refractivity contribution is -0.135. The standard InChI is InChI=1S/C32H26N4O6S2/c1-41-19-11-7-17(8-12-19)33-29(37)23-25(21-5-3-15-43-21)36-28-24(26(22-6-4-16-44-22)35(36)27(23)31(33)39)30(38)34(32(28)40)18-9-13-20(42-2)14-10-18/h3-16,23-28H,1-2H3/t23-,24-,25-,26+,27+,28-/m1/s1. The molecule has 0 N–H and O–H groups in total. The second kappa shape index (κ2) is 10.1. The number of methoxy groups -OCH3 is 2. The van der Waals surface area contributed by atoms with Gasteiger partial charge in [0.25, 0.3) is 11.8 Å². The third-order valence-electron chi connectivity index (χ3n) is 9.06. The van der Waals surface area contributed by atoms with E-state index in [1.807, 2.05) is 45.0 Å². The first kappa shape index (κ1) is 27.2. The molecule has 8 rings (SSSR count). The highest BCUT2D eigenvalue weighted by molar-refractivity contribution is 7.10. The summed E-state index contributed by atoms with van der Waals surface area (Å²) in [6.07, 6.45) is 0. The maximum atomic E-state index is 14.4. The largest absolute Gasteiger partial charge is 0.497 e. The van der Waals surface area contributed by atoms with Crippen LogP contribution < -0.4 is 19.3 Å². The van der Waals surface area contributed by atoms with Crippen molar-refractivity contribution in [1.29, 1.82) is 0 Å². The third kappa shape index (κ3) is 3.65. The topological polar surface area (TPSA) is 99.7 Å². The van der Waals surface area contributed by atoms with E-state index in [0.29, 0.717) is 22.9 Å². The molecule has 0 radical (unpaired) electrons. The molecule has 6 heterocycles. The number of anilines is 2. The van der Waals surface area contributed by atoms with Crippen molar-refractivity contribution in [3.8, 4) is 11.5 Å². The van der Waals surface area contributed by atoms with Gasteiger partial charge in [0.05, 0.1) is 49.5 Å². The molecule has 6 atom stereocenters. The van der Waals surface area contributed by atoms with Gasteiger partial charge in [0.2, 0.25) is 11.8 Å². The number of rotatable bonds is 6. The number of amides is 4. The van der Waals surface area contributed by atoms with Gasteiger partial charge in [-0.2, -0.15) is 0 Å². The van der Waals surface area contributed by atoms with Crippen molar-refractivity contribution in [2.24, 2.45) is 11.8 Å². The summed E-state index contributed by atoms with van der Waals surface area (Å²) in [5.74, 6) is -1.73. The molecule has 10 nitrogen and oxygen atoms in total. The highest BCUT2D eigenvalue weighted by Crippen LogP contribution is 2.60. The van der Waals surface area contributed by atoms with Crippen LogP contribution in [0, 0.1) is 11.8 Å². The van der Waals surface area contributed by atoms with E-state index in [0.717, 1.165) is 9.75 Å². The second-order valence-electron chi connectivity index (χ2n) is 11.0. The van der Waals surface area contributed by atoms with Crippen molar-refractivity contribution < 1.29 is 28.7 Å². The van der Waals surface area contributed by atoms with E-state index >= 15 is 0 Å². The molecule has 2 aromatic heterocycles. The minimum atomic E-state index is -0.885. The van der Waals surface area contributed by atoms with Gasteiger partial charge in [-0.15, -0.1) is 22.7 Å². The normalized spacial score (nSPS) is 28.1. The molecule has 0 unspecified atom stereocenters. The number of imide groups is 2. The summed E-state index contributed by atoms with van der Waals surface area (Å²) in [5, 5.41) is 7.62. The molecule has 4 amide bonds. The zero-order valence-corrected chi connectivity index (χ0v) is 25.2. The number of carbonyl (C=O) groups excluding carboxylic acids is 4. The number of ether oxygens (including phenoxy) is 2. The number of thiophene rings is 2. The zero-order chi connectivity index (χ0) is 30.3. The lowest BCUT2D eigenvalue weighted by atomic mass is 9.88. The van der Waals surface area contributed by atoms with Crippen LogP contribution in [0.2, 0.25) is 0 Å². The molecule has 44 heavy (non-hydrogen) atoms. The van der Waals surface area contributed by atoms with E-state index in [-0.39, 0.29) is 23.6 Å². The van der Waals surface area contributed by atoms with Crippen LogP contribution in [-0.2, 0) is 19.2 Å². The van der Waals surface area contributed by atoms with Crippen molar-refractivity contribution in [2.75, 3.05) is 24.0 Å². The van der Waals surface area contributed by atoms with Crippen LogP contribution in [0.25, 0.3) is 0 Å². The van der Waals surface area contributed by atoms with Crippen molar-refractivity contribution in [3.63, 3.8) is 0 Å². The summed E-state index contributed by atoms with van der Waals surface area (Å²) in [6, 6.07) is 18.3. The molecule has 0 spiro atoms. The van der Waals surface area contributed by atoms with Gasteiger partial charge < -0.3 is 9.47 Å². The van der Waals surface area contributed by atoms with Crippen LogP contribution in [0.5, 0.6) is 11.5 Å². The van der Waals surface area contributed by atoms with Gasteiger partial charge in [0, 0.05) is 9.75 Å². The van der Waals surface area contributed by atoms with Gasteiger partial charge in [-0.05, 0) is 71.4 Å². The highest BCUT2D eigenvalue weighted by Gasteiger charge is 2.74. The molecular formula is C32H26N4O6S2. The average molecular weight is 627 g/mol. The molecule has 4 aliphatic heterocycles. The molecule has 0 bridgehead atoms. The van der Waals surface area contributed by atoms with Crippen molar-refractivity contribution in [2.45, 2.75) is 24.2 Å². The Bertz CT molecular complexity index is 1640. The smallest absolute Gasteiger partial charge is 0.253 e. The van der Waals surface area contributed by atoms with Crippen LogP contribution in [0.3, 0.4) is 0 Å². The molecule has 4 saturated heterocycles. The van der Waals surface area contributed by atoms with Crippen molar-refractivity contribution in [3.05, 3.63) is 93.3 Å². The van der Waals surface area contributed by atoms with Crippen LogP contribution >= 0.6 is 22.7 Å². The molecule has 2 aromatic carbocycles. The van der Waals surface area contributed by atoms with Crippen LogP contribution in [0.15, 0.2) is 83.6 Å². The number of hydrazine groups is 1. The Morgan fingerprint density at radius 3 is 1.23 bits per heavy atom. The summed E-state index contributed by atoms with van der Waals surface area (Å²) < 4.78 is 10.6. The maximum absolute atomic E-state index is 14.4. The monoisotopic (exact) mass is 626 g/mol. The summed E-state index contributed by atoms with van der Waals surface area (Å²) >= 11 is 2.94. The van der Waals surface area contributed by atoms with Crippen molar-refractivity contribution >= 4 is 57.7 Å². The molecule has 0 saturated carbocycles. The van der Waals surface area contributed by atoms with E-state index in [1.165, 1.54) is 32.5 Å². The minimum absolute atomic E-state index is 0.330. The number of benzene rings is 2. The summed E-state index contributed by atoms with van der Waals surface area (Å²) in [7, 11) is 3.11. The minimum Gasteiger partial charge on any atom is -0.497 e. The summed E-state index contributed by atoms with van der Waals surface area (Å²) in [6.45, 7) is 0. The van der Waals surface area contributed by atoms with Crippen LogP contribution in [0.4, 0.5) is 11.4 Å². The Morgan fingerprint density at radius 2 is 0.909 bits per heavy atom. The molecule has 4 aromatic rings. The van der Waals surface area contributed by atoms with E-state index < -0.39 is 36.0 Å². The second-order valence-corrected chi connectivity index (χ2v) is 13.0. The lowest BCUT2D eigenvalue weighted by Crippen LogP contribution is -2.50. The average Bonchev–Trinajstić information content (AvgIpc) is 3.88. The van der Waals surface area contributed by atoms with Gasteiger partial charge in [-0.25, -0.2) is 19.8 Å². The fourth-order valence-electron chi connectivity index (χ4n) is 7.28. The Hall–Kier alpha value is -4.36. The van der Waals surface area contributed by atoms with E-state index in [4.69, 9.17) is 9.47 Å². The highest BCUT2D eigenvalue weighted by atomic mass is 32.1. The van der Waals surface area contributed by atoms with Crippen LogP contribution in [0.1, 0.15) is 21.8 Å². The Labute approximate surface area is 260 Å². The third-order valence-corrected chi connectivity index (χ3v) is 10.9. The first-order valence-electron chi connectivity index (χ1n) is 14.1. The fraction of sp³-hybridized carbons (Fsp3) is 0.250. The van der Waals surface area contributed by atoms with Gasteiger partial charge in [-0.3, -0.25) is 19.2 Å². The Morgan fingerprint density at radius 1 is 0.523 bits per heavy atom. The maximum Gasteiger partial charge on any atom is 0.253 e. The SMILES string of the molecule is COc1ccc(N2C(=O)[C@H]3[C@@H](C2=O)N2[C@@H](c4cccs4)[C@H]4C(=O)N(c5ccc(OC)cc5)C(=O)[C@@H]4N2[C@@H]3c2cccs2)cc1. The lowest BCUT2D eigenvalue weighted by Gasteiger charge is -2.35. The van der Waals surface area contributed by atoms with E-state index in [1.54, 1.807) is 62.8 Å². The Kier molecular flexibility index (Phi) is 6.24. The summed E-state index contributed by atoms with van der Waals surface area (Å²) in [4.78, 5) is 61.6. The number of carbonyl (C=O) groups is 4. The first-order valence-corrected chi connectivity index (χ1v) is 15.9. The van der Waals surface area contributed by atoms with Gasteiger partial charge in [0.1, 0.15) is 23.6 Å². The summed E-state index contributed by atoms with van der Waals surface area (Å²) in [5.41, 5.74) is 0.910. The zero-order valence-electron chi connectivity index (χ0n) is 23.6. The van der Waals surface area contributed by atoms with E-state index in [2.05, 4.69) is 0 Å². The number of nitrogens with zero attached hydrogens (tertiary/aromatic N) is 4. The molecule has 12 heteroatoms. The number of fused-ring (bicyclic) bond motifs is 5. The molecule has 4 aliphatic rings. The van der Waals surface area contributed by atoms with Gasteiger partial charge >= 0.3 is 0 Å². The first-order chi connectivity index (χ1) is 21.4. The quantitative estimate of drug-likeness (QED) is 0.293. The number of hydrogen-bond acceptors (Lipinski definition) is 10. The number of hydrogen-bond donors (Lipinski definition) is 0.